The number of ketones is 1. The summed E-state index contributed by atoms with van der Waals surface area (Å²) < 4.78 is 12.5. The van der Waals surface area contributed by atoms with Gasteiger partial charge in [-0.05, 0) is 24.2 Å². The van der Waals surface area contributed by atoms with Crippen LogP contribution in [0.5, 0.6) is 11.5 Å². The summed E-state index contributed by atoms with van der Waals surface area (Å²) in [5, 5.41) is 0. The van der Waals surface area contributed by atoms with Gasteiger partial charge in [0.15, 0.2) is 17.3 Å². The van der Waals surface area contributed by atoms with E-state index in [1.54, 1.807) is 20.3 Å². The van der Waals surface area contributed by atoms with E-state index in [1.807, 2.05) is 24.0 Å². The number of aromatic nitrogens is 2. The number of benzene rings is 1. The van der Waals surface area contributed by atoms with Crippen LogP contribution in [0.25, 0.3) is 0 Å². The highest BCUT2D eigenvalue weighted by Gasteiger charge is 2.22. The maximum atomic E-state index is 12.8. The van der Waals surface area contributed by atoms with Gasteiger partial charge in [0.2, 0.25) is 0 Å². The number of likely N-dealkylation sites (N-methyl/N-ethyl adjacent to an activating group) is 1. The van der Waals surface area contributed by atoms with Crippen molar-refractivity contribution in [3.63, 3.8) is 0 Å². The molecule has 1 heterocycles. The number of hydrogen-bond acceptors (Lipinski definition) is 7. The molecule has 9 nitrogen and oxygen atoms in total. The van der Waals surface area contributed by atoms with Crippen LogP contribution in [0.1, 0.15) is 22.8 Å². The third-order valence-corrected chi connectivity index (χ3v) is 4.66. The van der Waals surface area contributed by atoms with Crippen molar-refractivity contribution in [1.29, 1.82) is 0 Å². The molecule has 0 amide bonds. The molecule has 0 aliphatic carbocycles. The fourth-order valence-corrected chi connectivity index (χ4v) is 2.92. The third kappa shape index (κ3) is 4.09. The molecule has 0 atom stereocenters. The predicted octanol–water partition coefficient (Wildman–Crippen LogP) is 0.388. The Morgan fingerprint density at radius 3 is 2.32 bits per heavy atom. The average Bonchev–Trinajstić information content (AvgIpc) is 2.70. The summed E-state index contributed by atoms with van der Waals surface area (Å²) in [4.78, 5) is 39.0. The highest BCUT2D eigenvalue weighted by atomic mass is 16.5. The molecule has 2 rings (SSSR count). The maximum absolute atomic E-state index is 12.8. The lowest BCUT2D eigenvalue weighted by Gasteiger charge is -2.21. The molecule has 9 heteroatoms. The van der Waals surface area contributed by atoms with Crippen molar-refractivity contribution in [3.8, 4) is 11.5 Å². The summed E-state index contributed by atoms with van der Waals surface area (Å²) in [7, 11) is 5.87. The van der Waals surface area contributed by atoms with E-state index < -0.39 is 17.0 Å². The Hall–Kier alpha value is -3.07. The first kappa shape index (κ1) is 21.2. The van der Waals surface area contributed by atoms with Crippen LogP contribution in [0.2, 0.25) is 0 Å². The minimum Gasteiger partial charge on any atom is -0.493 e. The van der Waals surface area contributed by atoms with E-state index in [0.29, 0.717) is 24.6 Å². The zero-order chi connectivity index (χ0) is 21.0. The number of nitrogens with zero attached hydrogens (tertiary/aromatic N) is 3. The number of ether oxygens (including phenoxy) is 2. The van der Waals surface area contributed by atoms with Crippen molar-refractivity contribution < 1.29 is 14.3 Å². The van der Waals surface area contributed by atoms with E-state index in [9.17, 15) is 14.4 Å². The first-order valence-electron chi connectivity index (χ1n) is 8.77. The summed E-state index contributed by atoms with van der Waals surface area (Å²) >= 11 is 0. The highest BCUT2D eigenvalue weighted by Crippen LogP contribution is 2.28. The second-order valence-electron chi connectivity index (χ2n) is 6.38. The minimum atomic E-state index is -0.687. The molecule has 0 fully saturated rings. The van der Waals surface area contributed by atoms with Crippen LogP contribution in [0.3, 0.4) is 0 Å². The number of hydrogen-bond donors (Lipinski definition) is 1. The molecule has 0 radical (unpaired) electrons. The molecule has 0 saturated carbocycles. The van der Waals surface area contributed by atoms with Crippen LogP contribution >= 0.6 is 0 Å². The number of anilines is 1. The summed E-state index contributed by atoms with van der Waals surface area (Å²) in [6.45, 7) is 2.94. The van der Waals surface area contributed by atoms with Crippen LogP contribution in [-0.4, -0.2) is 47.1 Å². The van der Waals surface area contributed by atoms with E-state index in [2.05, 4.69) is 0 Å². The molecule has 28 heavy (non-hydrogen) atoms. The van der Waals surface area contributed by atoms with Gasteiger partial charge in [-0.3, -0.25) is 23.6 Å². The zero-order valence-corrected chi connectivity index (χ0v) is 16.8. The summed E-state index contributed by atoms with van der Waals surface area (Å²) in [5.41, 5.74) is 5.37. The SMILES string of the molecule is CCN(CC(=O)c1c(N)n(C)c(=O)n(C)c1=O)Cc1ccc(OC)c(OC)c1. The Kier molecular flexibility index (Phi) is 6.63. The van der Waals surface area contributed by atoms with Crippen LogP contribution in [0, 0.1) is 0 Å². The van der Waals surface area contributed by atoms with Crippen molar-refractivity contribution in [2.45, 2.75) is 13.5 Å². The van der Waals surface area contributed by atoms with Crippen molar-refractivity contribution in [2.75, 3.05) is 33.0 Å². The molecule has 0 bridgehead atoms. The largest absolute Gasteiger partial charge is 0.493 e. The molecule has 1 aromatic heterocycles. The van der Waals surface area contributed by atoms with Gasteiger partial charge in [-0.25, -0.2) is 4.79 Å². The Bertz CT molecular complexity index is 993. The molecule has 0 aliphatic heterocycles. The number of carbonyl (C=O) groups is 1. The van der Waals surface area contributed by atoms with E-state index in [4.69, 9.17) is 15.2 Å². The average molecular weight is 390 g/mol. The number of methoxy groups -OCH3 is 2. The van der Waals surface area contributed by atoms with Crippen LogP contribution in [-0.2, 0) is 20.6 Å². The summed E-state index contributed by atoms with van der Waals surface area (Å²) in [6, 6.07) is 5.52. The Labute approximate surface area is 162 Å². The van der Waals surface area contributed by atoms with E-state index in [0.717, 1.165) is 14.7 Å². The monoisotopic (exact) mass is 390 g/mol. The lowest BCUT2D eigenvalue weighted by molar-refractivity contribution is 0.0927. The van der Waals surface area contributed by atoms with Gasteiger partial charge in [-0.2, -0.15) is 0 Å². The van der Waals surface area contributed by atoms with Crippen molar-refractivity contribution in [3.05, 3.63) is 50.2 Å². The lowest BCUT2D eigenvalue weighted by Crippen LogP contribution is -2.43. The molecule has 152 valence electrons. The van der Waals surface area contributed by atoms with Gasteiger partial charge in [-0.1, -0.05) is 13.0 Å². The summed E-state index contributed by atoms with van der Waals surface area (Å²) in [6.07, 6.45) is 0. The standard InChI is InChI=1S/C19H26N4O5/c1-6-23(10-12-7-8-14(27-4)15(9-12)28-5)11-13(24)16-17(20)21(2)19(26)22(3)18(16)25/h7-9H,6,10-11,20H2,1-5H3. The van der Waals surface area contributed by atoms with Gasteiger partial charge in [0.05, 0.1) is 20.8 Å². The summed E-state index contributed by atoms with van der Waals surface area (Å²) in [5.74, 6) is 0.654. The van der Waals surface area contributed by atoms with E-state index in [-0.39, 0.29) is 17.9 Å². The van der Waals surface area contributed by atoms with E-state index in [1.165, 1.54) is 14.1 Å². The van der Waals surface area contributed by atoms with Crippen molar-refractivity contribution in [1.82, 2.24) is 14.0 Å². The van der Waals surface area contributed by atoms with Crippen LogP contribution in [0.15, 0.2) is 27.8 Å². The fraction of sp³-hybridized carbons (Fsp3) is 0.421. The topological polar surface area (TPSA) is 109 Å². The Balaban J connectivity index is 2.28. The van der Waals surface area contributed by atoms with Crippen LogP contribution in [0.4, 0.5) is 5.82 Å². The number of Topliss-reactive ketones (excluding diaryl/α,β-unsaturated/α-hetero) is 1. The van der Waals surface area contributed by atoms with E-state index >= 15 is 0 Å². The normalized spacial score (nSPS) is 10.9. The first-order chi connectivity index (χ1) is 13.2. The third-order valence-electron chi connectivity index (χ3n) is 4.66. The van der Waals surface area contributed by atoms with Gasteiger partial charge in [-0.15, -0.1) is 0 Å². The number of carbonyl (C=O) groups excluding carboxylic acids is 1. The van der Waals surface area contributed by atoms with Crippen molar-refractivity contribution >= 4 is 11.6 Å². The second-order valence-corrected chi connectivity index (χ2v) is 6.38. The molecular weight excluding hydrogens is 364 g/mol. The second kappa shape index (κ2) is 8.75. The van der Waals surface area contributed by atoms with Gasteiger partial charge < -0.3 is 15.2 Å². The highest BCUT2D eigenvalue weighted by molar-refractivity contribution is 6.01. The quantitative estimate of drug-likeness (QED) is 0.650. The zero-order valence-electron chi connectivity index (χ0n) is 16.8. The smallest absolute Gasteiger partial charge is 0.332 e. The lowest BCUT2D eigenvalue weighted by atomic mass is 10.1. The first-order valence-corrected chi connectivity index (χ1v) is 8.77. The molecule has 0 aliphatic rings. The number of nitrogens with two attached hydrogens (primary N) is 1. The van der Waals surface area contributed by atoms with Gasteiger partial charge >= 0.3 is 5.69 Å². The van der Waals surface area contributed by atoms with Gasteiger partial charge in [0, 0.05) is 20.6 Å². The molecule has 2 aromatic rings. The number of nitrogen functional groups attached to an aromatic ring is 1. The fourth-order valence-electron chi connectivity index (χ4n) is 2.92. The van der Waals surface area contributed by atoms with Gasteiger partial charge in [0.25, 0.3) is 5.56 Å². The Morgan fingerprint density at radius 1 is 1.11 bits per heavy atom. The van der Waals surface area contributed by atoms with Crippen LogP contribution < -0.4 is 26.5 Å². The Morgan fingerprint density at radius 2 is 1.75 bits per heavy atom. The molecule has 2 N–H and O–H groups in total. The number of rotatable bonds is 8. The molecule has 0 saturated heterocycles. The molecule has 0 spiro atoms. The molecule has 0 unspecified atom stereocenters. The minimum absolute atomic E-state index is 0.0114. The maximum Gasteiger partial charge on any atom is 0.332 e. The predicted molar refractivity (Wildman–Crippen MR) is 106 cm³/mol. The molecular formula is C19H26N4O5. The molecule has 1 aromatic carbocycles. The van der Waals surface area contributed by atoms with Crippen molar-refractivity contribution in [2.24, 2.45) is 14.1 Å². The van der Waals surface area contributed by atoms with Gasteiger partial charge in [0.1, 0.15) is 11.4 Å².